The van der Waals surface area contributed by atoms with E-state index in [0.29, 0.717) is 32.9 Å². The van der Waals surface area contributed by atoms with E-state index >= 15 is 0 Å². The van der Waals surface area contributed by atoms with Crippen molar-refractivity contribution >= 4 is 5.96 Å². The second-order valence-electron chi connectivity index (χ2n) is 4.75. The molecule has 2 N–H and O–H groups in total. The van der Waals surface area contributed by atoms with Crippen molar-refractivity contribution < 1.29 is 9.47 Å². The minimum absolute atomic E-state index is 0.626. The Morgan fingerprint density at radius 3 is 2.64 bits per heavy atom. The SMILES string of the molecule is CCCCOCCOCCNC(=NC)NCc1ccccn1. The smallest absolute Gasteiger partial charge is 0.191 e. The van der Waals surface area contributed by atoms with Gasteiger partial charge in [0.15, 0.2) is 5.96 Å². The molecule has 0 unspecified atom stereocenters. The molecule has 6 heteroatoms. The fourth-order valence-corrected chi connectivity index (χ4v) is 1.71. The summed E-state index contributed by atoms with van der Waals surface area (Å²) in [6.07, 6.45) is 4.05. The van der Waals surface area contributed by atoms with Crippen LogP contribution >= 0.6 is 0 Å². The Hall–Kier alpha value is -1.66. The largest absolute Gasteiger partial charge is 0.379 e. The van der Waals surface area contributed by atoms with E-state index in [2.05, 4.69) is 27.5 Å². The Balaban J connectivity index is 2.00. The molecular weight excluding hydrogens is 280 g/mol. The number of hydrogen-bond acceptors (Lipinski definition) is 4. The lowest BCUT2D eigenvalue weighted by atomic mass is 10.3. The van der Waals surface area contributed by atoms with Crippen molar-refractivity contribution in [1.29, 1.82) is 0 Å². The van der Waals surface area contributed by atoms with Gasteiger partial charge in [0, 0.05) is 26.4 Å². The molecule has 0 fully saturated rings. The second kappa shape index (κ2) is 13.0. The van der Waals surface area contributed by atoms with Crippen LogP contribution in [0, 0.1) is 0 Å². The molecular formula is C16H28N4O2. The summed E-state index contributed by atoms with van der Waals surface area (Å²) in [5.74, 6) is 0.744. The van der Waals surface area contributed by atoms with Gasteiger partial charge in [-0.2, -0.15) is 0 Å². The topological polar surface area (TPSA) is 67.8 Å². The number of rotatable bonds is 11. The Kier molecular flexibility index (Phi) is 10.9. The minimum atomic E-state index is 0.626. The summed E-state index contributed by atoms with van der Waals surface area (Å²) in [5.41, 5.74) is 0.978. The zero-order valence-electron chi connectivity index (χ0n) is 13.7. The van der Waals surface area contributed by atoms with Crippen molar-refractivity contribution in [3.63, 3.8) is 0 Å². The van der Waals surface area contributed by atoms with Crippen molar-refractivity contribution in [2.24, 2.45) is 4.99 Å². The molecule has 0 atom stereocenters. The number of hydrogen-bond donors (Lipinski definition) is 2. The first-order valence-corrected chi connectivity index (χ1v) is 7.86. The molecule has 0 aromatic carbocycles. The Bertz CT molecular complexity index is 398. The number of guanidine groups is 1. The third-order valence-electron chi connectivity index (χ3n) is 2.94. The number of nitrogens with one attached hydrogen (secondary N) is 2. The van der Waals surface area contributed by atoms with Crippen LogP contribution in [0.25, 0.3) is 0 Å². The quantitative estimate of drug-likeness (QED) is 0.369. The zero-order chi connectivity index (χ0) is 15.9. The second-order valence-corrected chi connectivity index (χ2v) is 4.75. The molecule has 6 nitrogen and oxygen atoms in total. The molecule has 0 radical (unpaired) electrons. The van der Waals surface area contributed by atoms with E-state index in [1.807, 2.05) is 18.2 Å². The van der Waals surface area contributed by atoms with Gasteiger partial charge in [-0.3, -0.25) is 9.98 Å². The van der Waals surface area contributed by atoms with Crippen LogP contribution in [-0.2, 0) is 16.0 Å². The predicted molar refractivity (Wildman–Crippen MR) is 89.0 cm³/mol. The van der Waals surface area contributed by atoms with Gasteiger partial charge in [-0.25, -0.2) is 0 Å². The van der Waals surface area contributed by atoms with Crippen molar-refractivity contribution in [2.75, 3.05) is 40.0 Å². The summed E-state index contributed by atoms with van der Waals surface area (Å²) in [7, 11) is 1.75. The van der Waals surface area contributed by atoms with Crippen LogP contribution in [0.5, 0.6) is 0 Å². The lowest BCUT2D eigenvalue weighted by Crippen LogP contribution is -2.38. The lowest BCUT2D eigenvalue weighted by molar-refractivity contribution is 0.0487. The summed E-state index contributed by atoms with van der Waals surface area (Å²) in [4.78, 5) is 8.41. The maximum absolute atomic E-state index is 5.49. The molecule has 0 saturated heterocycles. The summed E-state index contributed by atoms with van der Waals surface area (Å²) < 4.78 is 10.9. The molecule has 1 aromatic rings. The van der Waals surface area contributed by atoms with E-state index in [0.717, 1.165) is 31.1 Å². The van der Waals surface area contributed by atoms with Crippen LogP contribution in [0.2, 0.25) is 0 Å². The standard InChI is InChI=1S/C16H28N4O2/c1-3-4-10-21-12-13-22-11-9-19-16(17-2)20-14-15-7-5-6-8-18-15/h5-8H,3-4,9-14H2,1-2H3,(H2,17,19,20). The van der Waals surface area contributed by atoms with Crippen molar-refractivity contribution in [1.82, 2.24) is 15.6 Å². The fraction of sp³-hybridized carbons (Fsp3) is 0.625. The molecule has 0 aliphatic rings. The fourth-order valence-electron chi connectivity index (χ4n) is 1.71. The number of ether oxygens (including phenoxy) is 2. The predicted octanol–water partition coefficient (Wildman–Crippen LogP) is 1.58. The van der Waals surface area contributed by atoms with Gasteiger partial charge in [-0.05, 0) is 18.6 Å². The number of aliphatic imine (C=N–C) groups is 1. The van der Waals surface area contributed by atoms with E-state index in [-0.39, 0.29) is 0 Å². The molecule has 1 heterocycles. The first-order chi connectivity index (χ1) is 10.9. The first-order valence-electron chi connectivity index (χ1n) is 7.86. The number of nitrogens with zero attached hydrogens (tertiary/aromatic N) is 2. The van der Waals surface area contributed by atoms with Crippen LogP contribution in [0.1, 0.15) is 25.5 Å². The Morgan fingerprint density at radius 1 is 1.14 bits per heavy atom. The van der Waals surface area contributed by atoms with Gasteiger partial charge in [0.2, 0.25) is 0 Å². The maximum atomic E-state index is 5.49. The highest BCUT2D eigenvalue weighted by Crippen LogP contribution is 1.91. The van der Waals surface area contributed by atoms with Crippen molar-refractivity contribution in [2.45, 2.75) is 26.3 Å². The van der Waals surface area contributed by atoms with Gasteiger partial charge in [-0.1, -0.05) is 19.4 Å². The maximum Gasteiger partial charge on any atom is 0.191 e. The summed E-state index contributed by atoms with van der Waals surface area (Å²) in [6, 6.07) is 5.85. The van der Waals surface area contributed by atoms with Crippen LogP contribution in [0.3, 0.4) is 0 Å². The van der Waals surface area contributed by atoms with Gasteiger partial charge in [0.05, 0.1) is 32.1 Å². The highest BCUT2D eigenvalue weighted by molar-refractivity contribution is 5.79. The average molecular weight is 308 g/mol. The van der Waals surface area contributed by atoms with E-state index in [9.17, 15) is 0 Å². The number of unbranched alkanes of at least 4 members (excludes halogenated alkanes) is 1. The molecule has 22 heavy (non-hydrogen) atoms. The third kappa shape index (κ3) is 9.31. The third-order valence-corrected chi connectivity index (χ3v) is 2.94. The molecule has 0 aliphatic heterocycles. The monoisotopic (exact) mass is 308 g/mol. The summed E-state index contributed by atoms with van der Waals surface area (Å²) >= 11 is 0. The molecule has 0 bridgehead atoms. The van der Waals surface area contributed by atoms with Crippen LogP contribution in [-0.4, -0.2) is 51.0 Å². The highest BCUT2D eigenvalue weighted by atomic mass is 16.5. The van der Waals surface area contributed by atoms with Crippen molar-refractivity contribution in [3.05, 3.63) is 30.1 Å². The van der Waals surface area contributed by atoms with Crippen molar-refractivity contribution in [3.8, 4) is 0 Å². The molecule has 0 saturated carbocycles. The van der Waals surface area contributed by atoms with E-state index in [4.69, 9.17) is 9.47 Å². The van der Waals surface area contributed by atoms with Crippen LogP contribution in [0.4, 0.5) is 0 Å². The zero-order valence-corrected chi connectivity index (χ0v) is 13.7. The molecule has 0 amide bonds. The van der Waals surface area contributed by atoms with Crippen LogP contribution < -0.4 is 10.6 Å². The van der Waals surface area contributed by atoms with Gasteiger partial charge >= 0.3 is 0 Å². The average Bonchev–Trinajstić information content (AvgIpc) is 2.57. The summed E-state index contributed by atoms with van der Waals surface area (Å²) in [6.45, 7) is 6.24. The van der Waals surface area contributed by atoms with Gasteiger partial charge in [0.1, 0.15) is 0 Å². The molecule has 124 valence electrons. The summed E-state index contributed by atoms with van der Waals surface area (Å²) in [5, 5.41) is 6.40. The van der Waals surface area contributed by atoms with E-state index in [1.165, 1.54) is 0 Å². The highest BCUT2D eigenvalue weighted by Gasteiger charge is 1.98. The molecule has 1 aromatic heterocycles. The normalized spacial score (nSPS) is 11.5. The Morgan fingerprint density at radius 2 is 1.95 bits per heavy atom. The first kappa shape index (κ1) is 18.4. The number of aromatic nitrogens is 1. The molecule has 0 aliphatic carbocycles. The Labute approximate surface area is 133 Å². The number of pyridine rings is 1. The van der Waals surface area contributed by atoms with Crippen LogP contribution in [0.15, 0.2) is 29.4 Å². The minimum Gasteiger partial charge on any atom is -0.379 e. The molecule has 1 rings (SSSR count). The van der Waals surface area contributed by atoms with Gasteiger partial charge < -0.3 is 20.1 Å². The van der Waals surface area contributed by atoms with Gasteiger partial charge in [-0.15, -0.1) is 0 Å². The molecule has 0 spiro atoms. The van der Waals surface area contributed by atoms with E-state index in [1.54, 1.807) is 13.2 Å². The van der Waals surface area contributed by atoms with Gasteiger partial charge in [0.25, 0.3) is 0 Å². The van der Waals surface area contributed by atoms with E-state index < -0.39 is 0 Å². The lowest BCUT2D eigenvalue weighted by Gasteiger charge is -2.11.